The molecule has 0 unspecified atom stereocenters. The number of rotatable bonds is 3. The van der Waals surface area contributed by atoms with E-state index < -0.39 is 6.09 Å². The van der Waals surface area contributed by atoms with E-state index >= 15 is 0 Å². The highest BCUT2D eigenvalue weighted by Gasteiger charge is 2.20. The molecule has 0 fully saturated rings. The molecule has 0 amide bonds. The van der Waals surface area contributed by atoms with Gasteiger partial charge in [0.05, 0.1) is 16.6 Å². The highest BCUT2D eigenvalue weighted by atomic mass is 16.4. The van der Waals surface area contributed by atoms with Crippen LogP contribution in [-0.2, 0) is 6.42 Å². The third-order valence-electron chi connectivity index (χ3n) is 4.74. The molecule has 0 bridgehead atoms. The van der Waals surface area contributed by atoms with Crippen molar-refractivity contribution in [3.8, 4) is 0 Å². The molecule has 0 aliphatic rings. The number of aromatic nitrogens is 2. The van der Waals surface area contributed by atoms with Crippen molar-refractivity contribution in [1.82, 2.24) is 9.55 Å². The second kappa shape index (κ2) is 5.77. The van der Waals surface area contributed by atoms with Crippen molar-refractivity contribution in [3.63, 3.8) is 0 Å². The number of aryl methyl sites for hydroxylation is 1. The minimum atomic E-state index is -1.05. The average Bonchev–Trinajstić information content (AvgIpc) is 2.94. The van der Waals surface area contributed by atoms with E-state index in [2.05, 4.69) is 11.9 Å². The van der Waals surface area contributed by atoms with Crippen LogP contribution in [0.2, 0.25) is 0 Å². The van der Waals surface area contributed by atoms with Gasteiger partial charge in [0.15, 0.2) is 0 Å². The third kappa shape index (κ3) is 2.23. The van der Waals surface area contributed by atoms with Crippen LogP contribution in [0.25, 0.3) is 32.7 Å². The van der Waals surface area contributed by atoms with Crippen LogP contribution >= 0.6 is 0 Å². The summed E-state index contributed by atoms with van der Waals surface area (Å²) in [6.07, 6.45) is 1.78. The average molecular weight is 334 g/mol. The second-order valence-corrected chi connectivity index (χ2v) is 6.26. The van der Waals surface area contributed by atoms with Gasteiger partial charge in [-0.15, -0.1) is 0 Å². The molecule has 2 N–H and O–H groups in total. The zero-order chi connectivity index (χ0) is 17.6. The van der Waals surface area contributed by atoms with Crippen LogP contribution < -0.4 is 5.56 Å². The fraction of sp³-hybridized carbons (Fsp3) is 0.200. The lowest BCUT2D eigenvalue weighted by Crippen LogP contribution is -2.11. The summed E-state index contributed by atoms with van der Waals surface area (Å²) in [6.45, 7) is 2.11. The number of hydrogen-bond acceptors (Lipinski definition) is 2. The minimum absolute atomic E-state index is 0.186. The highest BCUT2D eigenvalue weighted by molar-refractivity contribution is 6.19. The summed E-state index contributed by atoms with van der Waals surface area (Å²) >= 11 is 0. The van der Waals surface area contributed by atoms with Gasteiger partial charge in [0.2, 0.25) is 0 Å². The van der Waals surface area contributed by atoms with E-state index in [1.54, 1.807) is 18.2 Å². The number of carbonyl (C=O) groups is 1. The van der Waals surface area contributed by atoms with Crippen molar-refractivity contribution >= 4 is 38.8 Å². The van der Waals surface area contributed by atoms with Gasteiger partial charge in [-0.1, -0.05) is 43.7 Å². The van der Waals surface area contributed by atoms with Gasteiger partial charge in [0, 0.05) is 16.2 Å². The fourth-order valence-electron chi connectivity index (χ4n) is 3.63. The molecule has 0 radical (unpaired) electrons. The maximum atomic E-state index is 12.6. The number of nitrogens with zero attached hydrogens (tertiary/aromatic N) is 1. The topological polar surface area (TPSA) is 75.1 Å². The molecule has 2 aromatic carbocycles. The molecule has 2 heterocycles. The van der Waals surface area contributed by atoms with Crippen LogP contribution in [0, 0.1) is 0 Å². The van der Waals surface area contributed by atoms with E-state index in [9.17, 15) is 14.7 Å². The highest BCUT2D eigenvalue weighted by Crippen LogP contribution is 2.33. The molecule has 5 nitrogen and oxygen atoms in total. The number of benzene rings is 2. The van der Waals surface area contributed by atoms with Crippen LogP contribution in [-0.4, -0.2) is 20.8 Å². The molecule has 25 heavy (non-hydrogen) atoms. The number of aromatic amines is 1. The summed E-state index contributed by atoms with van der Waals surface area (Å²) in [5.41, 5.74) is 2.56. The van der Waals surface area contributed by atoms with E-state index in [-0.39, 0.29) is 5.56 Å². The van der Waals surface area contributed by atoms with Crippen LogP contribution in [0.5, 0.6) is 0 Å². The standard InChI is InChI=1S/C20H18N2O3/c1-2-3-7-12-8-6-10-14-16(12)18-17(21-19(14)23)13-9-4-5-11-15(13)22(18)20(24)25/h4-6,8-11H,2-3,7H2,1H3,(H,21,23)(H,24,25). The predicted molar refractivity (Wildman–Crippen MR) is 99.6 cm³/mol. The van der Waals surface area contributed by atoms with Crippen LogP contribution in [0.15, 0.2) is 47.3 Å². The number of carboxylic acid groups (broad SMARTS) is 1. The number of H-pyrrole nitrogens is 1. The zero-order valence-electron chi connectivity index (χ0n) is 13.9. The van der Waals surface area contributed by atoms with E-state index in [0.29, 0.717) is 21.9 Å². The zero-order valence-corrected chi connectivity index (χ0v) is 13.9. The Hall–Kier alpha value is -3.08. The molecular weight excluding hydrogens is 316 g/mol. The van der Waals surface area contributed by atoms with Crippen molar-refractivity contribution < 1.29 is 9.90 Å². The molecule has 0 aliphatic carbocycles. The first-order valence-corrected chi connectivity index (χ1v) is 8.43. The van der Waals surface area contributed by atoms with Gasteiger partial charge in [-0.25, -0.2) is 9.36 Å². The molecule has 4 rings (SSSR count). The molecular formula is C20H18N2O3. The Kier molecular flexibility index (Phi) is 3.57. The van der Waals surface area contributed by atoms with Crippen molar-refractivity contribution in [2.45, 2.75) is 26.2 Å². The van der Waals surface area contributed by atoms with Gasteiger partial charge < -0.3 is 10.1 Å². The first-order valence-electron chi connectivity index (χ1n) is 8.43. The Morgan fingerprint density at radius 1 is 1.12 bits per heavy atom. The first-order chi connectivity index (χ1) is 12.1. The van der Waals surface area contributed by atoms with Crippen molar-refractivity contribution in [3.05, 3.63) is 58.4 Å². The molecule has 0 spiro atoms. The molecule has 0 atom stereocenters. The molecule has 126 valence electrons. The number of unbranched alkanes of at least 4 members (excludes halogenated alkanes) is 1. The summed E-state index contributed by atoms with van der Waals surface area (Å²) < 4.78 is 1.29. The first kappa shape index (κ1) is 15.4. The van der Waals surface area contributed by atoms with Crippen LogP contribution in [0.3, 0.4) is 0 Å². The summed E-state index contributed by atoms with van der Waals surface area (Å²) in [7, 11) is 0. The largest absolute Gasteiger partial charge is 0.464 e. The number of para-hydroxylation sites is 1. The Labute approximate surface area is 143 Å². The molecule has 0 aliphatic heterocycles. The Morgan fingerprint density at radius 2 is 1.88 bits per heavy atom. The SMILES string of the molecule is CCCCc1cccc2c(=O)[nH]c3c4ccccc4n(C(=O)O)c3c12. The summed E-state index contributed by atoms with van der Waals surface area (Å²) in [6, 6.07) is 12.9. The Morgan fingerprint density at radius 3 is 2.64 bits per heavy atom. The lowest BCUT2D eigenvalue weighted by Gasteiger charge is -2.09. The minimum Gasteiger partial charge on any atom is -0.464 e. The molecule has 2 aromatic heterocycles. The van der Waals surface area contributed by atoms with Crippen LogP contribution in [0.1, 0.15) is 25.3 Å². The Bertz CT molecular complexity index is 1180. The van der Waals surface area contributed by atoms with Crippen molar-refractivity contribution in [2.75, 3.05) is 0 Å². The normalized spacial score (nSPS) is 11.6. The van der Waals surface area contributed by atoms with Gasteiger partial charge >= 0.3 is 6.09 Å². The molecule has 0 saturated carbocycles. The molecule has 5 heteroatoms. The lowest BCUT2D eigenvalue weighted by atomic mass is 10.00. The smallest absolute Gasteiger partial charge is 0.416 e. The monoisotopic (exact) mass is 334 g/mol. The van der Waals surface area contributed by atoms with Gasteiger partial charge in [-0.3, -0.25) is 4.79 Å². The summed E-state index contributed by atoms with van der Waals surface area (Å²) in [5, 5.41) is 11.9. The van der Waals surface area contributed by atoms with E-state index in [1.165, 1.54) is 4.57 Å². The predicted octanol–water partition coefficient (Wildman–Crippen LogP) is 4.50. The fourth-order valence-corrected chi connectivity index (χ4v) is 3.63. The number of hydrogen-bond donors (Lipinski definition) is 2. The number of fused-ring (bicyclic) bond motifs is 5. The van der Waals surface area contributed by atoms with Gasteiger partial charge in [-0.2, -0.15) is 0 Å². The van der Waals surface area contributed by atoms with E-state index in [1.807, 2.05) is 24.3 Å². The van der Waals surface area contributed by atoms with Gasteiger partial charge in [-0.05, 0) is 30.5 Å². The third-order valence-corrected chi connectivity index (χ3v) is 4.74. The maximum absolute atomic E-state index is 12.6. The second-order valence-electron chi connectivity index (χ2n) is 6.26. The summed E-state index contributed by atoms with van der Waals surface area (Å²) in [4.78, 5) is 27.5. The molecule has 0 saturated heterocycles. The molecule has 4 aromatic rings. The summed E-state index contributed by atoms with van der Waals surface area (Å²) in [5.74, 6) is 0. The van der Waals surface area contributed by atoms with Crippen molar-refractivity contribution in [1.29, 1.82) is 0 Å². The number of pyridine rings is 1. The van der Waals surface area contributed by atoms with Gasteiger partial charge in [0.25, 0.3) is 5.56 Å². The van der Waals surface area contributed by atoms with E-state index in [0.717, 1.165) is 35.6 Å². The van der Waals surface area contributed by atoms with Crippen LogP contribution in [0.4, 0.5) is 4.79 Å². The van der Waals surface area contributed by atoms with E-state index in [4.69, 9.17) is 0 Å². The van der Waals surface area contributed by atoms with Crippen molar-refractivity contribution in [2.24, 2.45) is 0 Å². The quantitative estimate of drug-likeness (QED) is 0.579. The Balaban J connectivity index is 2.30. The van der Waals surface area contributed by atoms with Gasteiger partial charge in [0.1, 0.15) is 0 Å². The number of nitrogens with one attached hydrogen (secondary N) is 1. The maximum Gasteiger partial charge on any atom is 0.416 e. The lowest BCUT2D eigenvalue weighted by molar-refractivity contribution is 0.198.